The van der Waals surface area contributed by atoms with E-state index in [1.54, 1.807) is 18.2 Å². The van der Waals surface area contributed by atoms with Crippen molar-refractivity contribution in [1.29, 1.82) is 0 Å². The average molecular weight is 316 g/mol. The lowest BCUT2D eigenvalue weighted by atomic mass is 10.1. The van der Waals surface area contributed by atoms with Gasteiger partial charge in [0.2, 0.25) is 0 Å². The van der Waals surface area contributed by atoms with Gasteiger partial charge in [-0.3, -0.25) is 0 Å². The van der Waals surface area contributed by atoms with Crippen LogP contribution in [0.1, 0.15) is 0 Å². The number of nitrogens with zero attached hydrogens (tertiary/aromatic N) is 2. The lowest BCUT2D eigenvalue weighted by Crippen LogP contribution is -1.98. The van der Waals surface area contributed by atoms with Crippen LogP contribution >= 0.6 is 23.2 Å². The summed E-state index contributed by atoms with van der Waals surface area (Å²) in [5.74, 6) is 0.960. The highest BCUT2D eigenvalue weighted by Crippen LogP contribution is 2.31. The van der Waals surface area contributed by atoms with Gasteiger partial charge in [-0.2, -0.15) is 0 Å². The number of hydrogen-bond acceptors (Lipinski definition) is 3. The van der Waals surface area contributed by atoms with Crippen LogP contribution in [-0.2, 0) is 0 Å². The molecule has 0 aliphatic carbocycles. The molecule has 3 nitrogen and oxygen atoms in total. The van der Waals surface area contributed by atoms with E-state index >= 15 is 0 Å². The van der Waals surface area contributed by atoms with Gasteiger partial charge in [0.1, 0.15) is 5.82 Å². The first-order valence-corrected chi connectivity index (χ1v) is 7.04. The fourth-order valence-electron chi connectivity index (χ4n) is 2.02. The lowest BCUT2D eigenvalue weighted by Gasteiger charge is -2.08. The number of nitrogens with two attached hydrogens (primary N) is 1. The first-order valence-electron chi connectivity index (χ1n) is 6.29. The Kier molecular flexibility index (Phi) is 3.78. The van der Waals surface area contributed by atoms with Gasteiger partial charge < -0.3 is 5.73 Å². The third kappa shape index (κ3) is 2.99. The monoisotopic (exact) mass is 315 g/mol. The molecule has 2 N–H and O–H groups in total. The van der Waals surface area contributed by atoms with Crippen molar-refractivity contribution >= 4 is 29.0 Å². The van der Waals surface area contributed by atoms with Gasteiger partial charge in [0.15, 0.2) is 5.82 Å². The topological polar surface area (TPSA) is 51.8 Å². The molecule has 0 amide bonds. The molecule has 0 spiro atoms. The van der Waals surface area contributed by atoms with Crippen LogP contribution in [0.5, 0.6) is 0 Å². The minimum atomic E-state index is 0.393. The summed E-state index contributed by atoms with van der Waals surface area (Å²) in [5.41, 5.74) is 8.23. The van der Waals surface area contributed by atoms with Crippen molar-refractivity contribution in [3.8, 4) is 22.6 Å². The molecule has 0 aliphatic heterocycles. The molecule has 0 bridgehead atoms. The smallest absolute Gasteiger partial charge is 0.162 e. The van der Waals surface area contributed by atoms with Gasteiger partial charge in [-0.1, -0.05) is 53.5 Å². The van der Waals surface area contributed by atoms with Gasteiger partial charge in [0.25, 0.3) is 0 Å². The van der Waals surface area contributed by atoms with E-state index in [9.17, 15) is 0 Å². The molecule has 0 unspecified atom stereocenters. The minimum Gasteiger partial charge on any atom is -0.384 e. The molecule has 1 heterocycles. The van der Waals surface area contributed by atoms with Crippen LogP contribution in [0.2, 0.25) is 10.0 Å². The van der Waals surface area contributed by atoms with E-state index in [-0.39, 0.29) is 0 Å². The first kappa shape index (κ1) is 13.9. The Bertz CT molecular complexity index is 789. The van der Waals surface area contributed by atoms with Crippen molar-refractivity contribution in [2.45, 2.75) is 0 Å². The number of halogens is 2. The Labute approximate surface area is 132 Å². The van der Waals surface area contributed by atoms with Gasteiger partial charge in [-0.05, 0) is 18.2 Å². The highest BCUT2D eigenvalue weighted by molar-refractivity contribution is 6.36. The number of benzene rings is 2. The van der Waals surface area contributed by atoms with Crippen molar-refractivity contribution in [2.24, 2.45) is 0 Å². The van der Waals surface area contributed by atoms with Crippen LogP contribution in [0.4, 0.5) is 5.82 Å². The maximum atomic E-state index is 6.23. The van der Waals surface area contributed by atoms with Crippen LogP contribution in [-0.4, -0.2) is 9.97 Å². The predicted octanol–water partition coefficient (Wildman–Crippen LogP) is 4.70. The summed E-state index contributed by atoms with van der Waals surface area (Å²) < 4.78 is 0. The van der Waals surface area contributed by atoms with Crippen LogP contribution in [0.15, 0.2) is 54.6 Å². The Morgan fingerprint density at radius 3 is 2.33 bits per heavy atom. The summed E-state index contributed by atoms with van der Waals surface area (Å²) in [5, 5.41) is 1.11. The average Bonchev–Trinajstić information content (AvgIpc) is 2.47. The molecule has 2 aromatic carbocycles. The number of aromatic nitrogens is 2. The summed E-state index contributed by atoms with van der Waals surface area (Å²) in [4.78, 5) is 8.82. The molecular weight excluding hydrogens is 305 g/mol. The minimum absolute atomic E-state index is 0.393. The molecule has 0 aliphatic rings. The number of nitrogen functional groups attached to an aromatic ring is 1. The van der Waals surface area contributed by atoms with Gasteiger partial charge in [0.05, 0.1) is 10.7 Å². The van der Waals surface area contributed by atoms with E-state index in [0.29, 0.717) is 27.4 Å². The third-order valence-corrected chi connectivity index (χ3v) is 3.53. The molecule has 0 saturated carbocycles. The molecule has 1 aromatic heterocycles. The van der Waals surface area contributed by atoms with Crippen molar-refractivity contribution in [3.05, 3.63) is 64.6 Å². The summed E-state index contributed by atoms with van der Waals surface area (Å²) in [6.45, 7) is 0. The quantitative estimate of drug-likeness (QED) is 0.745. The highest BCUT2D eigenvalue weighted by Gasteiger charge is 2.10. The second-order valence-corrected chi connectivity index (χ2v) is 5.34. The lowest BCUT2D eigenvalue weighted by molar-refractivity contribution is 1.19. The van der Waals surface area contributed by atoms with Crippen molar-refractivity contribution in [3.63, 3.8) is 0 Å². The second kappa shape index (κ2) is 5.72. The summed E-state index contributed by atoms with van der Waals surface area (Å²) in [7, 11) is 0. The largest absolute Gasteiger partial charge is 0.384 e. The van der Waals surface area contributed by atoms with E-state index < -0.39 is 0 Å². The molecule has 3 rings (SSSR count). The normalized spacial score (nSPS) is 10.6. The van der Waals surface area contributed by atoms with Crippen LogP contribution in [0, 0.1) is 0 Å². The zero-order valence-electron chi connectivity index (χ0n) is 10.9. The van der Waals surface area contributed by atoms with Crippen LogP contribution in [0.25, 0.3) is 22.6 Å². The van der Waals surface area contributed by atoms with Crippen LogP contribution in [0.3, 0.4) is 0 Å². The zero-order valence-corrected chi connectivity index (χ0v) is 12.4. The Hall–Kier alpha value is -2.10. The van der Waals surface area contributed by atoms with Crippen LogP contribution < -0.4 is 5.73 Å². The summed E-state index contributed by atoms with van der Waals surface area (Å²) >= 11 is 12.2. The Morgan fingerprint density at radius 2 is 1.62 bits per heavy atom. The summed E-state index contributed by atoms with van der Waals surface area (Å²) in [6, 6.07) is 16.6. The molecule has 0 fully saturated rings. The van der Waals surface area contributed by atoms with Crippen molar-refractivity contribution in [2.75, 3.05) is 5.73 Å². The fraction of sp³-hybridized carbons (Fsp3) is 0. The van der Waals surface area contributed by atoms with Crippen molar-refractivity contribution < 1.29 is 0 Å². The van der Waals surface area contributed by atoms with E-state index in [2.05, 4.69) is 9.97 Å². The van der Waals surface area contributed by atoms with Gasteiger partial charge in [-0.25, -0.2) is 9.97 Å². The molecular formula is C16H11Cl2N3. The van der Waals surface area contributed by atoms with E-state index in [0.717, 1.165) is 11.1 Å². The van der Waals surface area contributed by atoms with Gasteiger partial charge in [-0.15, -0.1) is 0 Å². The predicted molar refractivity (Wildman–Crippen MR) is 87.3 cm³/mol. The Balaban J connectivity index is 2.14. The first-order chi connectivity index (χ1) is 10.1. The van der Waals surface area contributed by atoms with Gasteiger partial charge in [0, 0.05) is 22.2 Å². The number of hydrogen-bond donors (Lipinski definition) is 1. The number of rotatable bonds is 2. The van der Waals surface area contributed by atoms with Gasteiger partial charge >= 0.3 is 0 Å². The molecule has 0 atom stereocenters. The van der Waals surface area contributed by atoms with E-state index in [1.807, 2.05) is 36.4 Å². The molecule has 3 aromatic rings. The molecule has 21 heavy (non-hydrogen) atoms. The third-order valence-electron chi connectivity index (χ3n) is 2.99. The molecule has 0 saturated heterocycles. The standard InChI is InChI=1S/C16H11Cl2N3/c17-11-6-7-12(13(18)8-11)14-9-15(19)21-16(20-14)10-4-2-1-3-5-10/h1-9H,(H2,19,20,21). The molecule has 104 valence electrons. The van der Waals surface area contributed by atoms with Crippen molar-refractivity contribution in [1.82, 2.24) is 9.97 Å². The Morgan fingerprint density at radius 1 is 0.857 bits per heavy atom. The second-order valence-electron chi connectivity index (χ2n) is 4.49. The molecule has 5 heteroatoms. The molecule has 0 radical (unpaired) electrons. The SMILES string of the molecule is Nc1cc(-c2ccc(Cl)cc2Cl)nc(-c2ccccc2)n1. The van der Waals surface area contributed by atoms with E-state index in [1.165, 1.54) is 0 Å². The maximum Gasteiger partial charge on any atom is 0.162 e. The fourth-order valence-corrected chi connectivity index (χ4v) is 2.52. The highest BCUT2D eigenvalue weighted by atomic mass is 35.5. The zero-order chi connectivity index (χ0) is 14.8. The maximum absolute atomic E-state index is 6.23. The summed E-state index contributed by atoms with van der Waals surface area (Å²) in [6.07, 6.45) is 0. The van der Waals surface area contributed by atoms with E-state index in [4.69, 9.17) is 28.9 Å². The number of anilines is 1.